The molecule has 0 unspecified atom stereocenters. The highest BCUT2D eigenvalue weighted by molar-refractivity contribution is 6.31. The molecule has 30 heavy (non-hydrogen) atoms. The predicted molar refractivity (Wildman–Crippen MR) is 117 cm³/mol. The second kappa shape index (κ2) is 7.07. The Morgan fingerprint density at radius 1 is 1.17 bits per heavy atom. The smallest absolute Gasteiger partial charge is 0.123 e. The monoisotopic (exact) mass is 422 g/mol. The van der Waals surface area contributed by atoms with Crippen molar-refractivity contribution in [3.05, 3.63) is 88.0 Å². The molecule has 0 amide bonds. The Morgan fingerprint density at radius 2 is 1.93 bits per heavy atom. The quantitative estimate of drug-likeness (QED) is 0.579. The van der Waals surface area contributed by atoms with Gasteiger partial charge < -0.3 is 5.11 Å². The lowest BCUT2D eigenvalue weighted by Gasteiger charge is -2.42. The third-order valence-corrected chi connectivity index (χ3v) is 7.49. The Labute approximate surface area is 180 Å². The Hall–Kier alpha value is -2.43. The molecule has 0 radical (unpaired) electrons. The number of rotatable bonds is 4. The number of benzene rings is 2. The predicted octanol–water partition coefficient (Wildman–Crippen LogP) is 5.77. The minimum absolute atomic E-state index is 0.259. The van der Waals surface area contributed by atoms with Crippen molar-refractivity contribution >= 4 is 17.7 Å². The highest BCUT2D eigenvalue weighted by atomic mass is 35.5. The molecule has 2 atom stereocenters. The maximum atomic E-state index is 13.3. The molecule has 154 valence electrons. The summed E-state index contributed by atoms with van der Waals surface area (Å²) in [7, 11) is 0. The van der Waals surface area contributed by atoms with Crippen LogP contribution in [0.25, 0.3) is 11.8 Å². The third kappa shape index (κ3) is 3.01. The van der Waals surface area contributed by atoms with Crippen LogP contribution >= 0.6 is 11.6 Å². The minimum Gasteiger partial charge on any atom is -0.389 e. The van der Waals surface area contributed by atoms with Gasteiger partial charge >= 0.3 is 0 Å². The van der Waals surface area contributed by atoms with Crippen LogP contribution in [0.1, 0.15) is 43.0 Å². The van der Waals surface area contributed by atoms with Gasteiger partial charge in [0.15, 0.2) is 0 Å². The number of hydrogen-bond acceptors (Lipinski definition) is 2. The molecule has 1 fully saturated rings. The molecule has 2 aromatic carbocycles. The normalized spacial score (nSPS) is 25.0. The van der Waals surface area contributed by atoms with Gasteiger partial charge in [0, 0.05) is 10.4 Å². The zero-order valence-corrected chi connectivity index (χ0v) is 17.7. The Morgan fingerprint density at radius 3 is 2.70 bits per heavy atom. The molecule has 1 N–H and O–H groups in total. The maximum absolute atomic E-state index is 13.3. The summed E-state index contributed by atoms with van der Waals surface area (Å²) in [6.45, 7) is 2.18. The van der Waals surface area contributed by atoms with Crippen molar-refractivity contribution in [1.82, 2.24) is 9.78 Å². The minimum atomic E-state index is -0.784. The van der Waals surface area contributed by atoms with Crippen LogP contribution in [0, 0.1) is 11.2 Å². The van der Waals surface area contributed by atoms with Crippen molar-refractivity contribution in [2.75, 3.05) is 0 Å². The van der Waals surface area contributed by atoms with Crippen LogP contribution < -0.4 is 0 Å². The highest BCUT2D eigenvalue weighted by Gasteiger charge is 2.54. The van der Waals surface area contributed by atoms with Gasteiger partial charge in [0.05, 0.1) is 23.2 Å². The Kier molecular flexibility index (Phi) is 4.60. The Balaban J connectivity index is 1.45. The molecule has 1 aromatic heterocycles. The molecule has 0 bridgehead atoms. The largest absolute Gasteiger partial charge is 0.389 e. The summed E-state index contributed by atoms with van der Waals surface area (Å²) in [6.07, 6.45) is 7.84. The van der Waals surface area contributed by atoms with Crippen LogP contribution in [-0.4, -0.2) is 20.5 Å². The molecule has 0 spiro atoms. The molecule has 3 aromatic rings. The lowest BCUT2D eigenvalue weighted by atomic mass is 9.65. The second-order valence-corrected chi connectivity index (χ2v) is 9.15. The van der Waals surface area contributed by atoms with Crippen molar-refractivity contribution in [1.29, 1.82) is 0 Å². The number of fused-ring (bicyclic) bond motifs is 2. The van der Waals surface area contributed by atoms with Gasteiger partial charge in [0.1, 0.15) is 5.82 Å². The number of halogens is 2. The van der Waals surface area contributed by atoms with Crippen LogP contribution in [0.2, 0.25) is 5.02 Å². The summed E-state index contributed by atoms with van der Waals surface area (Å²) < 4.78 is 15.2. The summed E-state index contributed by atoms with van der Waals surface area (Å²) in [5.74, 6) is -0.259. The van der Waals surface area contributed by atoms with Crippen molar-refractivity contribution < 1.29 is 9.50 Å². The fourth-order valence-electron chi connectivity index (χ4n) is 5.16. The molecule has 0 aliphatic heterocycles. The zero-order chi connectivity index (χ0) is 20.9. The number of hydrogen-bond donors (Lipinski definition) is 1. The third-order valence-electron chi connectivity index (χ3n) is 7.12. The first-order valence-corrected chi connectivity index (χ1v) is 10.8. The standard InChI is InChI=1S/C25H24ClFN2O/c1-24-15-18-16-28-29(21-8-6-20(27)7-9-21)23(18)14-19(24)11-13-25(24,30)12-10-17-4-2-3-5-22(17)26/h2-9,14,16,30H,10-13,15H2,1H3/t24-,25-/m0/s1. The van der Waals surface area contributed by atoms with E-state index in [-0.39, 0.29) is 11.2 Å². The first-order chi connectivity index (χ1) is 14.4. The SMILES string of the molecule is C[C@]12Cc3cnn(-c4ccc(F)cc4)c3C=C1CC[C@@]2(O)CCc1ccccc1Cl. The second-order valence-electron chi connectivity index (χ2n) is 8.74. The molecular formula is C25H24ClFN2O. The molecule has 2 aliphatic carbocycles. The fraction of sp³-hybridized carbons (Fsp3) is 0.320. The van der Waals surface area contributed by atoms with E-state index >= 15 is 0 Å². The number of aromatic nitrogens is 2. The van der Waals surface area contributed by atoms with Gasteiger partial charge in [-0.05, 0) is 79.6 Å². The van der Waals surface area contributed by atoms with Crippen molar-refractivity contribution in [3.63, 3.8) is 0 Å². The summed E-state index contributed by atoms with van der Waals surface area (Å²) in [6, 6.07) is 14.2. The molecule has 1 heterocycles. The van der Waals surface area contributed by atoms with Gasteiger partial charge in [-0.1, -0.05) is 42.3 Å². The lowest BCUT2D eigenvalue weighted by molar-refractivity contribution is -0.0461. The molecular weight excluding hydrogens is 399 g/mol. The molecule has 2 aliphatic rings. The maximum Gasteiger partial charge on any atom is 0.123 e. The Bertz CT molecular complexity index is 1140. The van der Waals surface area contributed by atoms with E-state index in [0.29, 0.717) is 6.42 Å². The van der Waals surface area contributed by atoms with E-state index in [1.54, 1.807) is 12.1 Å². The summed E-state index contributed by atoms with van der Waals surface area (Å²) in [5.41, 5.74) is 4.22. The van der Waals surface area contributed by atoms with Gasteiger partial charge in [-0.2, -0.15) is 5.10 Å². The van der Waals surface area contributed by atoms with Crippen molar-refractivity contribution in [2.45, 2.75) is 44.6 Å². The van der Waals surface area contributed by atoms with E-state index in [0.717, 1.165) is 53.2 Å². The molecule has 5 heteroatoms. The van der Waals surface area contributed by atoms with Crippen LogP contribution in [0.5, 0.6) is 0 Å². The van der Waals surface area contributed by atoms with Gasteiger partial charge in [0.2, 0.25) is 0 Å². The van der Waals surface area contributed by atoms with Gasteiger partial charge in [-0.15, -0.1) is 0 Å². The number of nitrogens with zero attached hydrogens (tertiary/aromatic N) is 2. The summed E-state index contributed by atoms with van der Waals surface area (Å²) in [5, 5.41) is 17.0. The summed E-state index contributed by atoms with van der Waals surface area (Å²) >= 11 is 6.34. The van der Waals surface area contributed by atoms with E-state index in [4.69, 9.17) is 11.6 Å². The molecule has 0 saturated heterocycles. The zero-order valence-electron chi connectivity index (χ0n) is 16.9. The lowest BCUT2D eigenvalue weighted by Crippen LogP contribution is -2.45. The van der Waals surface area contributed by atoms with E-state index < -0.39 is 5.60 Å². The number of aliphatic hydroxyl groups is 1. The topological polar surface area (TPSA) is 38.0 Å². The van der Waals surface area contributed by atoms with E-state index in [2.05, 4.69) is 18.1 Å². The van der Waals surface area contributed by atoms with Crippen LogP contribution in [0.4, 0.5) is 4.39 Å². The van der Waals surface area contributed by atoms with E-state index in [9.17, 15) is 9.50 Å². The fourth-order valence-corrected chi connectivity index (χ4v) is 5.39. The van der Waals surface area contributed by atoms with Crippen LogP contribution in [0.15, 0.2) is 60.3 Å². The highest BCUT2D eigenvalue weighted by Crippen LogP contribution is 2.56. The molecule has 1 saturated carbocycles. The van der Waals surface area contributed by atoms with Gasteiger partial charge in [-0.25, -0.2) is 9.07 Å². The van der Waals surface area contributed by atoms with Crippen LogP contribution in [0.3, 0.4) is 0 Å². The molecule has 5 rings (SSSR count). The van der Waals surface area contributed by atoms with Crippen LogP contribution in [-0.2, 0) is 12.8 Å². The van der Waals surface area contributed by atoms with Gasteiger partial charge in [0.25, 0.3) is 0 Å². The number of aryl methyl sites for hydroxylation is 1. The average molecular weight is 423 g/mol. The van der Waals surface area contributed by atoms with E-state index in [1.165, 1.54) is 17.7 Å². The van der Waals surface area contributed by atoms with E-state index in [1.807, 2.05) is 35.1 Å². The average Bonchev–Trinajstić information content (AvgIpc) is 3.24. The summed E-state index contributed by atoms with van der Waals surface area (Å²) in [4.78, 5) is 0. The van der Waals surface area contributed by atoms with Crippen molar-refractivity contribution in [2.24, 2.45) is 5.41 Å². The first kappa shape index (κ1) is 19.5. The van der Waals surface area contributed by atoms with Crippen molar-refractivity contribution in [3.8, 4) is 5.69 Å². The molecule has 3 nitrogen and oxygen atoms in total. The van der Waals surface area contributed by atoms with Gasteiger partial charge in [-0.3, -0.25) is 0 Å². The first-order valence-electron chi connectivity index (χ1n) is 10.4.